The Morgan fingerprint density at radius 2 is 2.18 bits per heavy atom. The molecule has 1 aliphatic rings. The number of benzene rings is 1. The van der Waals surface area contributed by atoms with Gasteiger partial charge in [0.2, 0.25) is 0 Å². The monoisotopic (exact) mass is 248 g/mol. The Labute approximate surface area is 106 Å². The highest BCUT2D eigenvalue weighted by molar-refractivity contribution is 7.99. The Bertz CT molecular complexity index is 463. The van der Waals surface area contributed by atoms with Crippen molar-refractivity contribution in [2.75, 3.05) is 12.4 Å². The second-order valence-corrected chi connectivity index (χ2v) is 5.06. The van der Waals surface area contributed by atoms with Gasteiger partial charge in [-0.1, -0.05) is 18.2 Å². The van der Waals surface area contributed by atoms with Crippen LogP contribution in [0.4, 0.5) is 0 Å². The van der Waals surface area contributed by atoms with E-state index in [4.69, 9.17) is 4.74 Å². The molecule has 0 aromatic heterocycles. The first-order chi connectivity index (χ1) is 8.24. The van der Waals surface area contributed by atoms with Crippen LogP contribution < -0.4 is 0 Å². The number of ether oxygens (including phenoxy) is 1. The molecule has 0 saturated carbocycles. The van der Waals surface area contributed by atoms with E-state index in [1.165, 1.54) is 10.5 Å². The first-order valence-electron chi connectivity index (χ1n) is 5.83. The van der Waals surface area contributed by atoms with Gasteiger partial charge in [0, 0.05) is 16.2 Å². The minimum absolute atomic E-state index is 0.191. The minimum atomic E-state index is -0.191. The van der Waals surface area contributed by atoms with Gasteiger partial charge in [-0.05, 0) is 37.5 Å². The fraction of sp³-hybridized carbons (Fsp3) is 0.357. The molecule has 1 aliphatic heterocycles. The van der Waals surface area contributed by atoms with Crippen LogP contribution in [0.3, 0.4) is 0 Å². The molecule has 0 N–H and O–H groups in total. The van der Waals surface area contributed by atoms with Gasteiger partial charge in [-0.3, -0.25) is 0 Å². The van der Waals surface area contributed by atoms with Crippen LogP contribution in [0.2, 0.25) is 0 Å². The summed E-state index contributed by atoms with van der Waals surface area (Å²) in [5.41, 5.74) is 3.08. The molecular formula is C14H16O2S. The lowest BCUT2D eigenvalue weighted by molar-refractivity contribution is -0.138. The second-order valence-electron chi connectivity index (χ2n) is 3.92. The van der Waals surface area contributed by atoms with E-state index >= 15 is 0 Å². The summed E-state index contributed by atoms with van der Waals surface area (Å²) in [6.45, 7) is 4.13. The molecule has 90 valence electrons. The molecule has 0 atom stereocenters. The number of hydrogen-bond acceptors (Lipinski definition) is 3. The predicted molar refractivity (Wildman–Crippen MR) is 71.0 cm³/mol. The Kier molecular flexibility index (Phi) is 3.89. The van der Waals surface area contributed by atoms with E-state index in [0.717, 1.165) is 23.3 Å². The van der Waals surface area contributed by atoms with Crippen molar-refractivity contribution in [3.05, 3.63) is 35.4 Å². The van der Waals surface area contributed by atoms with Crippen LogP contribution in [-0.4, -0.2) is 18.3 Å². The summed E-state index contributed by atoms with van der Waals surface area (Å²) in [7, 11) is 0. The van der Waals surface area contributed by atoms with Crippen LogP contribution in [0.15, 0.2) is 34.7 Å². The van der Waals surface area contributed by atoms with Crippen LogP contribution in [0.1, 0.15) is 25.8 Å². The maximum Gasteiger partial charge on any atom is 0.333 e. The lowest BCUT2D eigenvalue weighted by Crippen LogP contribution is -2.10. The average molecular weight is 248 g/mol. The molecule has 1 heterocycles. The van der Waals surface area contributed by atoms with Crippen molar-refractivity contribution in [3.8, 4) is 0 Å². The predicted octanol–water partition coefficient (Wildman–Crippen LogP) is 3.52. The van der Waals surface area contributed by atoms with Crippen LogP contribution in [0.25, 0.3) is 5.57 Å². The van der Waals surface area contributed by atoms with Crippen molar-refractivity contribution >= 4 is 23.3 Å². The number of esters is 1. The molecule has 0 saturated heterocycles. The normalized spacial score (nSPS) is 17.3. The lowest BCUT2D eigenvalue weighted by Gasteiger charge is -2.20. The minimum Gasteiger partial charge on any atom is -0.463 e. The summed E-state index contributed by atoms with van der Waals surface area (Å²) in [6, 6.07) is 8.24. The van der Waals surface area contributed by atoms with Crippen LogP contribution in [-0.2, 0) is 9.53 Å². The molecular weight excluding hydrogens is 232 g/mol. The highest BCUT2D eigenvalue weighted by atomic mass is 32.2. The second kappa shape index (κ2) is 5.41. The van der Waals surface area contributed by atoms with Crippen LogP contribution >= 0.6 is 11.8 Å². The van der Waals surface area contributed by atoms with Gasteiger partial charge in [-0.15, -0.1) is 11.8 Å². The Morgan fingerprint density at radius 1 is 1.41 bits per heavy atom. The van der Waals surface area contributed by atoms with Gasteiger partial charge in [0.15, 0.2) is 0 Å². The van der Waals surface area contributed by atoms with Gasteiger partial charge >= 0.3 is 5.97 Å². The molecule has 0 aliphatic carbocycles. The van der Waals surface area contributed by atoms with Gasteiger partial charge < -0.3 is 4.74 Å². The van der Waals surface area contributed by atoms with Crippen molar-refractivity contribution < 1.29 is 9.53 Å². The molecule has 0 unspecified atom stereocenters. The summed E-state index contributed by atoms with van der Waals surface area (Å²) in [6.07, 6.45) is 0.937. The molecule has 17 heavy (non-hydrogen) atoms. The quantitative estimate of drug-likeness (QED) is 0.591. The largest absolute Gasteiger partial charge is 0.463 e. The third kappa shape index (κ3) is 2.55. The molecule has 0 radical (unpaired) electrons. The topological polar surface area (TPSA) is 26.3 Å². The van der Waals surface area contributed by atoms with Crippen LogP contribution in [0.5, 0.6) is 0 Å². The molecule has 3 heteroatoms. The smallest absolute Gasteiger partial charge is 0.333 e. The third-order valence-corrected chi connectivity index (χ3v) is 3.93. The van der Waals surface area contributed by atoms with Crippen LogP contribution in [0, 0.1) is 0 Å². The highest BCUT2D eigenvalue weighted by Crippen LogP contribution is 2.38. The lowest BCUT2D eigenvalue weighted by atomic mass is 9.98. The Morgan fingerprint density at radius 3 is 2.94 bits per heavy atom. The molecule has 1 aromatic carbocycles. The number of carbonyl (C=O) groups is 1. The molecule has 1 aromatic rings. The average Bonchev–Trinajstić information content (AvgIpc) is 2.37. The SMILES string of the molecule is CCOC(=O)/C(C)=C1/CCSc2ccccc21. The Balaban J connectivity index is 2.40. The summed E-state index contributed by atoms with van der Waals surface area (Å²) in [4.78, 5) is 13.0. The molecule has 0 spiro atoms. The number of carbonyl (C=O) groups excluding carboxylic acids is 1. The van der Waals surface area contributed by atoms with Crippen molar-refractivity contribution in [2.45, 2.75) is 25.2 Å². The first-order valence-corrected chi connectivity index (χ1v) is 6.81. The van der Waals surface area contributed by atoms with Gasteiger partial charge in [-0.25, -0.2) is 4.79 Å². The first kappa shape index (κ1) is 12.2. The van der Waals surface area contributed by atoms with E-state index in [9.17, 15) is 4.79 Å². The maximum absolute atomic E-state index is 11.8. The van der Waals surface area contributed by atoms with E-state index in [0.29, 0.717) is 6.61 Å². The van der Waals surface area contributed by atoms with Gasteiger partial charge in [0.25, 0.3) is 0 Å². The zero-order valence-corrected chi connectivity index (χ0v) is 11.0. The van der Waals surface area contributed by atoms with Crippen molar-refractivity contribution in [2.24, 2.45) is 0 Å². The highest BCUT2D eigenvalue weighted by Gasteiger charge is 2.19. The number of fused-ring (bicyclic) bond motifs is 1. The summed E-state index contributed by atoms with van der Waals surface area (Å²) in [5, 5.41) is 0. The number of rotatable bonds is 2. The molecule has 0 fully saturated rings. The van der Waals surface area contributed by atoms with Gasteiger partial charge in [0.1, 0.15) is 0 Å². The maximum atomic E-state index is 11.8. The standard InChI is InChI=1S/C14H16O2S/c1-3-16-14(15)10(2)11-8-9-17-13-7-5-4-6-12(11)13/h4-7H,3,8-9H2,1-2H3/b11-10-. The van der Waals surface area contributed by atoms with E-state index in [1.807, 2.05) is 37.7 Å². The fourth-order valence-corrected chi connectivity index (χ4v) is 3.04. The van der Waals surface area contributed by atoms with E-state index in [1.54, 1.807) is 0 Å². The fourth-order valence-electron chi connectivity index (χ4n) is 1.99. The number of hydrogen-bond donors (Lipinski definition) is 0. The number of thioether (sulfide) groups is 1. The summed E-state index contributed by atoms with van der Waals surface area (Å²) < 4.78 is 5.07. The summed E-state index contributed by atoms with van der Waals surface area (Å²) >= 11 is 1.85. The van der Waals surface area contributed by atoms with E-state index in [-0.39, 0.29) is 5.97 Å². The van der Waals surface area contributed by atoms with Crippen molar-refractivity contribution in [1.82, 2.24) is 0 Å². The molecule has 2 nitrogen and oxygen atoms in total. The summed E-state index contributed by atoms with van der Waals surface area (Å²) in [5.74, 6) is 0.840. The molecule has 2 rings (SSSR count). The van der Waals surface area contributed by atoms with Crippen molar-refractivity contribution in [3.63, 3.8) is 0 Å². The zero-order valence-electron chi connectivity index (χ0n) is 10.2. The van der Waals surface area contributed by atoms with Crippen molar-refractivity contribution in [1.29, 1.82) is 0 Å². The van der Waals surface area contributed by atoms with Gasteiger partial charge in [-0.2, -0.15) is 0 Å². The molecule has 0 bridgehead atoms. The van der Waals surface area contributed by atoms with Gasteiger partial charge in [0.05, 0.1) is 6.61 Å². The third-order valence-electron chi connectivity index (χ3n) is 2.86. The number of allylic oxidation sites excluding steroid dienone is 1. The Hall–Kier alpha value is -1.22. The van der Waals surface area contributed by atoms with E-state index in [2.05, 4.69) is 12.1 Å². The molecule has 0 amide bonds. The zero-order chi connectivity index (χ0) is 12.3. The van der Waals surface area contributed by atoms with E-state index < -0.39 is 0 Å².